The quantitative estimate of drug-likeness (QED) is 0.803. The largest absolute Gasteiger partial charge is 0.478 e. The fourth-order valence-electron chi connectivity index (χ4n) is 1.70. The van der Waals surface area contributed by atoms with Gasteiger partial charge in [0.25, 0.3) is 0 Å². The van der Waals surface area contributed by atoms with E-state index >= 15 is 0 Å². The lowest BCUT2D eigenvalue weighted by Gasteiger charge is -2.23. The van der Waals surface area contributed by atoms with Crippen molar-refractivity contribution in [3.05, 3.63) is 41.2 Å². The van der Waals surface area contributed by atoms with Crippen LogP contribution in [0.1, 0.15) is 31.4 Å². The molecule has 0 aromatic heterocycles. The van der Waals surface area contributed by atoms with Crippen LogP contribution in [0.15, 0.2) is 24.3 Å². The van der Waals surface area contributed by atoms with E-state index in [-0.39, 0.29) is 5.82 Å². The Labute approximate surface area is 113 Å². The van der Waals surface area contributed by atoms with Gasteiger partial charge >= 0.3 is 5.97 Å². The average Bonchev–Trinajstić information content (AvgIpc) is 2.38. The summed E-state index contributed by atoms with van der Waals surface area (Å²) in [5, 5.41) is 8.52. The summed E-state index contributed by atoms with van der Waals surface area (Å²) >= 11 is 0. The Bertz CT molecular complexity index is 471. The van der Waals surface area contributed by atoms with Gasteiger partial charge in [0.1, 0.15) is 5.82 Å². The molecule has 0 fully saturated rings. The Morgan fingerprint density at radius 2 is 2.21 bits per heavy atom. The zero-order valence-electron chi connectivity index (χ0n) is 11.6. The Balaban J connectivity index is 2.80. The Morgan fingerprint density at radius 3 is 2.74 bits per heavy atom. The van der Waals surface area contributed by atoms with Crippen molar-refractivity contribution >= 4 is 12.0 Å². The molecule has 1 N–H and O–H groups in total. The number of carboxylic acids is 1. The molecule has 0 aliphatic heterocycles. The molecule has 3 nitrogen and oxygen atoms in total. The summed E-state index contributed by atoms with van der Waals surface area (Å²) in [4.78, 5) is 12.5. The zero-order chi connectivity index (χ0) is 14.4. The van der Waals surface area contributed by atoms with Crippen LogP contribution in [0, 0.1) is 5.82 Å². The summed E-state index contributed by atoms with van der Waals surface area (Å²) in [6.07, 6.45) is 3.39. The highest BCUT2D eigenvalue weighted by Gasteiger charge is 2.10. The molecule has 0 saturated carbocycles. The zero-order valence-corrected chi connectivity index (χ0v) is 11.6. The number of hydrogen-bond acceptors (Lipinski definition) is 2. The second-order valence-electron chi connectivity index (χ2n) is 4.69. The first-order valence-corrected chi connectivity index (χ1v) is 6.33. The third kappa shape index (κ3) is 4.83. The predicted octanol–water partition coefficient (Wildman–Crippen LogP) is 3.15. The SMILES string of the molecule is CCC(C)N(C)Cc1ccc(C=CC(=O)O)cc1F. The predicted molar refractivity (Wildman–Crippen MR) is 74.3 cm³/mol. The van der Waals surface area contributed by atoms with Crippen molar-refractivity contribution in [3.8, 4) is 0 Å². The molecule has 0 amide bonds. The molecule has 0 aliphatic rings. The van der Waals surface area contributed by atoms with Crippen molar-refractivity contribution in [1.82, 2.24) is 4.90 Å². The number of carboxylic acid groups (broad SMARTS) is 1. The van der Waals surface area contributed by atoms with E-state index in [1.54, 1.807) is 12.1 Å². The van der Waals surface area contributed by atoms with Crippen LogP contribution in [0.3, 0.4) is 0 Å². The van der Waals surface area contributed by atoms with E-state index in [1.165, 1.54) is 12.1 Å². The van der Waals surface area contributed by atoms with Gasteiger partial charge in [0, 0.05) is 24.2 Å². The number of halogens is 1. The van der Waals surface area contributed by atoms with Crippen molar-refractivity contribution in [2.75, 3.05) is 7.05 Å². The van der Waals surface area contributed by atoms with Gasteiger partial charge in [0.05, 0.1) is 0 Å². The van der Waals surface area contributed by atoms with Gasteiger partial charge in [-0.2, -0.15) is 0 Å². The second kappa shape index (κ2) is 7.04. The molecule has 0 spiro atoms. The molecule has 1 rings (SSSR count). The van der Waals surface area contributed by atoms with Gasteiger partial charge in [-0.1, -0.05) is 19.1 Å². The van der Waals surface area contributed by atoms with Crippen LogP contribution in [0.2, 0.25) is 0 Å². The molecule has 0 saturated heterocycles. The number of rotatable bonds is 6. The van der Waals surface area contributed by atoms with Crippen LogP contribution in [-0.4, -0.2) is 29.1 Å². The van der Waals surface area contributed by atoms with E-state index in [2.05, 4.69) is 18.7 Å². The molecule has 0 heterocycles. The van der Waals surface area contributed by atoms with Crippen LogP contribution < -0.4 is 0 Å². The van der Waals surface area contributed by atoms with Crippen molar-refractivity contribution in [2.24, 2.45) is 0 Å². The third-order valence-corrected chi connectivity index (χ3v) is 3.26. The maximum Gasteiger partial charge on any atom is 0.328 e. The fraction of sp³-hybridized carbons (Fsp3) is 0.400. The molecular formula is C15H20FNO2. The van der Waals surface area contributed by atoms with Gasteiger partial charge < -0.3 is 5.11 Å². The van der Waals surface area contributed by atoms with Crippen LogP contribution >= 0.6 is 0 Å². The first-order chi connectivity index (χ1) is 8.93. The minimum Gasteiger partial charge on any atom is -0.478 e. The lowest BCUT2D eigenvalue weighted by molar-refractivity contribution is -0.131. The van der Waals surface area contributed by atoms with Crippen molar-refractivity contribution < 1.29 is 14.3 Å². The maximum atomic E-state index is 13.9. The van der Waals surface area contributed by atoms with Crippen LogP contribution in [0.5, 0.6) is 0 Å². The Kier molecular flexibility index (Phi) is 5.70. The highest BCUT2D eigenvalue weighted by Crippen LogP contribution is 2.15. The summed E-state index contributed by atoms with van der Waals surface area (Å²) in [5.74, 6) is -1.34. The van der Waals surface area contributed by atoms with Crippen molar-refractivity contribution in [2.45, 2.75) is 32.9 Å². The van der Waals surface area contributed by atoms with Gasteiger partial charge in [0.15, 0.2) is 0 Å². The van der Waals surface area contributed by atoms with Crippen LogP contribution in [0.4, 0.5) is 4.39 Å². The Morgan fingerprint density at radius 1 is 1.53 bits per heavy atom. The highest BCUT2D eigenvalue weighted by atomic mass is 19.1. The van der Waals surface area contributed by atoms with Gasteiger partial charge in [-0.25, -0.2) is 9.18 Å². The minimum atomic E-state index is -1.04. The molecule has 19 heavy (non-hydrogen) atoms. The molecule has 1 aromatic carbocycles. The maximum absolute atomic E-state index is 13.9. The molecule has 1 unspecified atom stereocenters. The number of benzene rings is 1. The summed E-state index contributed by atoms with van der Waals surface area (Å²) < 4.78 is 13.9. The number of carbonyl (C=O) groups is 1. The third-order valence-electron chi connectivity index (χ3n) is 3.26. The normalized spacial score (nSPS) is 13.1. The minimum absolute atomic E-state index is 0.303. The number of nitrogens with zero attached hydrogens (tertiary/aromatic N) is 1. The average molecular weight is 265 g/mol. The van der Waals surface area contributed by atoms with Gasteiger partial charge in [0.2, 0.25) is 0 Å². The first kappa shape index (κ1) is 15.4. The van der Waals surface area contributed by atoms with E-state index in [4.69, 9.17) is 5.11 Å². The van der Waals surface area contributed by atoms with Gasteiger partial charge in [-0.3, -0.25) is 4.90 Å². The standard InChI is InChI=1S/C15H20FNO2/c1-4-11(2)17(3)10-13-7-5-12(9-14(13)16)6-8-15(18)19/h5-9,11H,4,10H2,1-3H3,(H,18,19). The van der Waals surface area contributed by atoms with E-state index in [0.717, 1.165) is 12.5 Å². The van der Waals surface area contributed by atoms with E-state index < -0.39 is 5.97 Å². The monoisotopic (exact) mass is 265 g/mol. The van der Waals surface area contributed by atoms with E-state index in [1.807, 2.05) is 7.05 Å². The summed E-state index contributed by atoms with van der Waals surface area (Å²) in [5.41, 5.74) is 1.17. The molecule has 1 atom stereocenters. The molecule has 4 heteroatoms. The topological polar surface area (TPSA) is 40.5 Å². The van der Waals surface area contributed by atoms with E-state index in [9.17, 15) is 9.18 Å². The molecule has 0 bridgehead atoms. The van der Waals surface area contributed by atoms with Crippen LogP contribution in [-0.2, 0) is 11.3 Å². The molecule has 0 aliphatic carbocycles. The fourth-order valence-corrected chi connectivity index (χ4v) is 1.70. The smallest absolute Gasteiger partial charge is 0.328 e. The lowest BCUT2D eigenvalue weighted by atomic mass is 10.1. The second-order valence-corrected chi connectivity index (χ2v) is 4.69. The molecular weight excluding hydrogens is 245 g/mol. The van der Waals surface area contributed by atoms with Crippen molar-refractivity contribution in [3.63, 3.8) is 0 Å². The van der Waals surface area contributed by atoms with Gasteiger partial charge in [-0.15, -0.1) is 0 Å². The Hall–Kier alpha value is -1.68. The van der Waals surface area contributed by atoms with Crippen LogP contribution in [0.25, 0.3) is 6.08 Å². The summed E-state index contributed by atoms with van der Waals surface area (Å²) in [6.45, 7) is 4.74. The van der Waals surface area contributed by atoms with E-state index in [0.29, 0.717) is 23.7 Å². The number of hydrogen-bond donors (Lipinski definition) is 1. The summed E-state index contributed by atoms with van der Waals surface area (Å²) in [6, 6.07) is 5.18. The van der Waals surface area contributed by atoms with Crippen molar-refractivity contribution in [1.29, 1.82) is 0 Å². The highest BCUT2D eigenvalue weighted by molar-refractivity contribution is 5.85. The lowest BCUT2D eigenvalue weighted by Crippen LogP contribution is -2.28. The first-order valence-electron chi connectivity index (χ1n) is 6.33. The van der Waals surface area contributed by atoms with Gasteiger partial charge in [-0.05, 0) is 38.1 Å². The molecule has 104 valence electrons. The summed E-state index contributed by atoms with van der Waals surface area (Å²) in [7, 11) is 1.96. The molecule has 0 radical (unpaired) electrons. The number of aliphatic carboxylic acids is 1. The molecule has 1 aromatic rings.